The van der Waals surface area contributed by atoms with Crippen LogP contribution in [0.3, 0.4) is 0 Å². The van der Waals surface area contributed by atoms with Gasteiger partial charge in [-0.1, -0.05) is 30.3 Å². The molecule has 3 nitrogen and oxygen atoms in total. The zero-order chi connectivity index (χ0) is 15.2. The van der Waals surface area contributed by atoms with Crippen LogP contribution in [0.1, 0.15) is 29.8 Å². The molecule has 1 unspecified atom stereocenters. The van der Waals surface area contributed by atoms with Gasteiger partial charge in [-0.3, -0.25) is 4.90 Å². The third-order valence-electron chi connectivity index (χ3n) is 4.54. The first-order valence-corrected chi connectivity index (χ1v) is 9.04. The molecule has 1 aromatic carbocycles. The maximum Gasteiger partial charge on any atom is 0.107 e. The largest absolute Gasteiger partial charge is 0.303 e. The molecule has 0 saturated carbocycles. The maximum absolute atomic E-state index is 4.46. The highest BCUT2D eigenvalue weighted by Gasteiger charge is 2.21. The Labute approximate surface area is 137 Å². The topological polar surface area (TPSA) is 19.4 Å². The van der Waals surface area contributed by atoms with Crippen LogP contribution < -0.4 is 0 Å². The fourth-order valence-corrected chi connectivity index (χ4v) is 3.91. The zero-order valence-electron chi connectivity index (χ0n) is 13.3. The van der Waals surface area contributed by atoms with E-state index in [1.807, 2.05) is 6.20 Å². The van der Waals surface area contributed by atoms with E-state index in [1.54, 1.807) is 11.3 Å². The zero-order valence-corrected chi connectivity index (χ0v) is 14.1. The van der Waals surface area contributed by atoms with E-state index in [-0.39, 0.29) is 0 Å². The lowest BCUT2D eigenvalue weighted by molar-refractivity contribution is 0.211. The number of hydrogen-bond donors (Lipinski definition) is 0. The summed E-state index contributed by atoms with van der Waals surface area (Å²) in [5.74, 6) is 0. The third-order valence-corrected chi connectivity index (χ3v) is 5.31. The van der Waals surface area contributed by atoms with Gasteiger partial charge in [0, 0.05) is 30.7 Å². The van der Waals surface area contributed by atoms with Crippen molar-refractivity contribution in [3.63, 3.8) is 0 Å². The second-order valence-electron chi connectivity index (χ2n) is 6.19. The predicted molar refractivity (Wildman–Crippen MR) is 92.9 cm³/mol. The lowest BCUT2D eigenvalue weighted by Crippen LogP contribution is -2.31. The minimum atomic E-state index is 0.759. The number of hydrogen-bond acceptors (Lipinski definition) is 4. The van der Waals surface area contributed by atoms with Crippen LogP contribution in [0.15, 0.2) is 41.9 Å². The average Bonchev–Trinajstić information content (AvgIpc) is 3.18. The molecular weight excluding hydrogens is 290 g/mol. The van der Waals surface area contributed by atoms with Crippen molar-refractivity contribution in [3.8, 4) is 0 Å². The quantitative estimate of drug-likeness (QED) is 0.778. The summed E-state index contributed by atoms with van der Waals surface area (Å²) in [5.41, 5.74) is 1.39. The Morgan fingerprint density at radius 2 is 2.14 bits per heavy atom. The fourth-order valence-electron chi connectivity index (χ4n) is 3.25. The molecule has 22 heavy (non-hydrogen) atoms. The number of nitrogens with zero attached hydrogens (tertiary/aromatic N) is 3. The van der Waals surface area contributed by atoms with Crippen molar-refractivity contribution >= 4 is 11.3 Å². The minimum Gasteiger partial charge on any atom is -0.303 e. The summed E-state index contributed by atoms with van der Waals surface area (Å²) in [6.07, 6.45) is 5.87. The summed E-state index contributed by atoms with van der Waals surface area (Å²) in [5, 5.41) is 3.29. The Morgan fingerprint density at radius 3 is 2.82 bits per heavy atom. The molecule has 1 aliphatic rings. The van der Waals surface area contributed by atoms with Crippen molar-refractivity contribution in [2.24, 2.45) is 0 Å². The molecule has 0 spiro atoms. The molecule has 1 fully saturated rings. The maximum atomic E-state index is 4.46. The Bertz CT molecular complexity index is 541. The van der Waals surface area contributed by atoms with Crippen LogP contribution in [-0.4, -0.2) is 41.0 Å². The van der Waals surface area contributed by atoms with Crippen LogP contribution in [0.4, 0.5) is 0 Å². The van der Waals surface area contributed by atoms with Gasteiger partial charge in [0.1, 0.15) is 5.01 Å². The Hall–Kier alpha value is -1.23. The average molecular weight is 315 g/mol. The number of aromatic nitrogens is 1. The molecule has 2 heterocycles. The van der Waals surface area contributed by atoms with Crippen LogP contribution in [0.5, 0.6) is 0 Å². The van der Waals surface area contributed by atoms with E-state index in [1.165, 1.54) is 36.4 Å². The standard InChI is InChI=1S/C18H25N3S/c1-20-11-5-8-17(20)9-12-21(15-18-19-10-13-22-18)14-16-6-3-2-4-7-16/h2-4,6-7,10,13,17H,5,8-9,11-12,14-15H2,1H3. The van der Waals surface area contributed by atoms with E-state index in [4.69, 9.17) is 0 Å². The first-order valence-electron chi connectivity index (χ1n) is 8.16. The molecular formula is C18H25N3S. The second kappa shape index (κ2) is 7.86. The molecule has 0 radical (unpaired) electrons. The molecule has 0 N–H and O–H groups in total. The first kappa shape index (κ1) is 15.7. The third kappa shape index (κ3) is 4.38. The van der Waals surface area contributed by atoms with Crippen molar-refractivity contribution in [1.29, 1.82) is 0 Å². The van der Waals surface area contributed by atoms with E-state index >= 15 is 0 Å². The molecule has 1 saturated heterocycles. The van der Waals surface area contributed by atoms with Gasteiger partial charge in [0.05, 0.1) is 6.54 Å². The van der Waals surface area contributed by atoms with Crippen LogP contribution in [0.25, 0.3) is 0 Å². The number of likely N-dealkylation sites (tertiary alicyclic amines) is 1. The Balaban J connectivity index is 1.60. The van der Waals surface area contributed by atoms with Gasteiger partial charge in [0.25, 0.3) is 0 Å². The van der Waals surface area contributed by atoms with Crippen molar-refractivity contribution in [3.05, 3.63) is 52.5 Å². The Morgan fingerprint density at radius 1 is 1.27 bits per heavy atom. The van der Waals surface area contributed by atoms with E-state index in [9.17, 15) is 0 Å². The highest BCUT2D eigenvalue weighted by molar-refractivity contribution is 7.09. The van der Waals surface area contributed by atoms with E-state index < -0.39 is 0 Å². The molecule has 4 heteroatoms. The van der Waals surface area contributed by atoms with Crippen LogP contribution >= 0.6 is 11.3 Å². The number of thiazole rings is 1. The smallest absolute Gasteiger partial charge is 0.107 e. The van der Waals surface area contributed by atoms with Gasteiger partial charge >= 0.3 is 0 Å². The number of rotatable bonds is 7. The van der Waals surface area contributed by atoms with Crippen molar-refractivity contribution in [2.75, 3.05) is 20.1 Å². The lowest BCUT2D eigenvalue weighted by Gasteiger charge is -2.25. The molecule has 3 rings (SSSR count). The molecule has 0 aliphatic carbocycles. The van der Waals surface area contributed by atoms with Gasteiger partial charge in [-0.15, -0.1) is 11.3 Å². The van der Waals surface area contributed by atoms with Gasteiger partial charge in [0.15, 0.2) is 0 Å². The van der Waals surface area contributed by atoms with Gasteiger partial charge in [-0.05, 0) is 38.4 Å². The van der Waals surface area contributed by atoms with E-state index in [0.29, 0.717) is 0 Å². The normalized spacial score (nSPS) is 19.1. The van der Waals surface area contributed by atoms with Crippen LogP contribution in [0, 0.1) is 0 Å². The first-order chi connectivity index (χ1) is 10.8. The van der Waals surface area contributed by atoms with E-state index in [2.05, 4.69) is 57.5 Å². The Kier molecular flexibility index (Phi) is 5.59. The van der Waals surface area contributed by atoms with Crippen molar-refractivity contribution in [2.45, 2.75) is 38.4 Å². The molecule has 1 aromatic heterocycles. The summed E-state index contributed by atoms with van der Waals surface area (Å²) >= 11 is 1.76. The number of benzene rings is 1. The second-order valence-corrected chi connectivity index (χ2v) is 7.17. The summed E-state index contributed by atoms with van der Waals surface area (Å²) in [6, 6.07) is 11.5. The fraction of sp³-hybridized carbons (Fsp3) is 0.500. The highest BCUT2D eigenvalue weighted by Crippen LogP contribution is 2.20. The summed E-state index contributed by atoms with van der Waals surface area (Å²) in [6.45, 7) is 4.37. The monoisotopic (exact) mass is 315 g/mol. The molecule has 118 valence electrons. The van der Waals surface area contributed by atoms with Gasteiger partial charge < -0.3 is 4.90 Å². The molecule has 2 aromatic rings. The SMILES string of the molecule is CN1CCCC1CCN(Cc1ccccc1)Cc1nccs1. The van der Waals surface area contributed by atoms with Crippen molar-refractivity contribution < 1.29 is 0 Å². The summed E-state index contributed by atoms with van der Waals surface area (Å²) < 4.78 is 0. The van der Waals surface area contributed by atoms with E-state index in [0.717, 1.165) is 25.7 Å². The predicted octanol–water partition coefficient (Wildman–Crippen LogP) is 3.63. The molecule has 0 bridgehead atoms. The lowest BCUT2D eigenvalue weighted by atomic mass is 10.1. The summed E-state index contributed by atoms with van der Waals surface area (Å²) in [4.78, 5) is 9.52. The van der Waals surface area contributed by atoms with Gasteiger partial charge in [0.2, 0.25) is 0 Å². The molecule has 1 aliphatic heterocycles. The molecule has 1 atom stereocenters. The highest BCUT2D eigenvalue weighted by atomic mass is 32.1. The van der Waals surface area contributed by atoms with Crippen LogP contribution in [-0.2, 0) is 13.1 Å². The summed E-state index contributed by atoms with van der Waals surface area (Å²) in [7, 11) is 2.26. The van der Waals surface area contributed by atoms with Crippen LogP contribution in [0.2, 0.25) is 0 Å². The van der Waals surface area contributed by atoms with Crippen molar-refractivity contribution in [1.82, 2.24) is 14.8 Å². The minimum absolute atomic E-state index is 0.759. The molecule has 0 amide bonds. The van der Waals surface area contributed by atoms with Gasteiger partial charge in [-0.2, -0.15) is 0 Å². The van der Waals surface area contributed by atoms with Gasteiger partial charge in [-0.25, -0.2) is 4.98 Å².